The van der Waals surface area contributed by atoms with Gasteiger partial charge in [0.15, 0.2) is 0 Å². The van der Waals surface area contributed by atoms with Crippen LogP contribution in [-0.2, 0) is 19.4 Å². The third-order valence-corrected chi connectivity index (χ3v) is 7.72. The summed E-state index contributed by atoms with van der Waals surface area (Å²) in [5.41, 5.74) is 2.40. The van der Waals surface area contributed by atoms with Crippen LogP contribution in [0.4, 0.5) is 8.78 Å². The summed E-state index contributed by atoms with van der Waals surface area (Å²) in [6, 6.07) is 13.6. The van der Waals surface area contributed by atoms with E-state index in [4.69, 9.17) is 0 Å². The summed E-state index contributed by atoms with van der Waals surface area (Å²) < 4.78 is 28.3. The van der Waals surface area contributed by atoms with E-state index in [9.17, 15) is 37.5 Å². The Morgan fingerprint density at radius 2 is 1.08 bits per heavy atom. The molecule has 3 N–H and O–H groups in total. The van der Waals surface area contributed by atoms with Crippen molar-refractivity contribution in [2.75, 3.05) is 0 Å². The first-order valence-electron chi connectivity index (χ1n) is 15.5. The Bertz CT molecular complexity index is 2270. The number of aryl methyl sites for hydroxylation is 4. The molecule has 0 amide bonds. The van der Waals surface area contributed by atoms with Gasteiger partial charge in [0.25, 0.3) is 11.1 Å². The molecule has 3 aromatic carbocycles. The number of halogens is 2. The number of nitrogens with zero attached hydrogens (tertiary/aromatic N) is 1. The van der Waals surface area contributed by atoms with Crippen LogP contribution in [0.15, 0.2) is 73.8 Å². The minimum absolute atomic E-state index is 0.0732. The van der Waals surface area contributed by atoms with Gasteiger partial charge in [0.1, 0.15) is 17.3 Å². The highest BCUT2D eigenvalue weighted by Crippen LogP contribution is 2.18. The first kappa shape index (κ1) is 36.1. The van der Waals surface area contributed by atoms with Crippen molar-refractivity contribution in [2.24, 2.45) is 0 Å². The summed E-state index contributed by atoms with van der Waals surface area (Å²) in [5.74, 6) is -2.42. The van der Waals surface area contributed by atoms with Gasteiger partial charge in [-0.25, -0.2) is 18.4 Å². The number of carbonyl (C=O) groups excluding carboxylic acids is 2. The van der Waals surface area contributed by atoms with E-state index in [1.54, 1.807) is 38.1 Å². The fraction of sp³-hybridized carbons (Fsp3) is 0.243. The van der Waals surface area contributed by atoms with Gasteiger partial charge in [-0.1, -0.05) is 48.2 Å². The van der Waals surface area contributed by atoms with Crippen LogP contribution in [0.1, 0.15) is 84.9 Å². The van der Waals surface area contributed by atoms with Crippen molar-refractivity contribution >= 4 is 11.6 Å². The molecule has 0 saturated carbocycles. The highest BCUT2D eigenvalue weighted by atomic mass is 19.1. The molecule has 12 heteroatoms. The predicted octanol–water partition coefficient (Wildman–Crippen LogP) is 4.75. The van der Waals surface area contributed by atoms with Crippen molar-refractivity contribution < 1.29 is 18.4 Å². The number of hydrogen-bond donors (Lipinski definition) is 3. The molecule has 5 rings (SSSR count). The molecule has 0 saturated heterocycles. The summed E-state index contributed by atoms with van der Waals surface area (Å²) in [4.78, 5) is 80.6. The molecule has 0 aliphatic heterocycles. The summed E-state index contributed by atoms with van der Waals surface area (Å²) in [6.07, 6.45) is 0.580. The van der Waals surface area contributed by atoms with Crippen molar-refractivity contribution in [2.45, 2.75) is 60.9 Å². The number of aromatic nitrogens is 4. The Balaban J connectivity index is 0.000000237. The highest BCUT2D eigenvalue weighted by molar-refractivity contribution is 6.09. The SMILES string of the molecule is CCc1c(C(=O)c2cc(C)cc(C)c2)[nH]c(=O)[nH]c1=O.CCc1c(C(=O)c2cc(C)cc(C)c2)n(Cc2cc(F)cc(F)c2)c(=O)[nH]c1=O. The number of hydrogen-bond acceptors (Lipinski definition) is 6. The van der Waals surface area contributed by atoms with Crippen LogP contribution in [-0.4, -0.2) is 31.1 Å². The molecule has 0 aliphatic rings. The number of H-pyrrole nitrogens is 3. The van der Waals surface area contributed by atoms with E-state index >= 15 is 0 Å². The Morgan fingerprint density at radius 3 is 1.57 bits per heavy atom. The minimum Gasteiger partial charge on any atom is -0.304 e. The van der Waals surface area contributed by atoms with Gasteiger partial charge in [0.2, 0.25) is 11.6 Å². The van der Waals surface area contributed by atoms with Crippen molar-refractivity contribution in [3.8, 4) is 0 Å². The van der Waals surface area contributed by atoms with Gasteiger partial charge >= 0.3 is 11.4 Å². The molecule has 0 fully saturated rings. The molecule has 5 aromatic rings. The summed E-state index contributed by atoms with van der Waals surface area (Å²) >= 11 is 0. The molecule has 0 atom stereocenters. The Morgan fingerprint density at radius 1 is 0.612 bits per heavy atom. The Hall–Kier alpha value is -5.78. The molecule has 0 spiro atoms. The van der Waals surface area contributed by atoms with Gasteiger partial charge in [0, 0.05) is 28.3 Å². The van der Waals surface area contributed by atoms with Gasteiger partial charge in [-0.2, -0.15) is 0 Å². The molecule has 0 bridgehead atoms. The highest BCUT2D eigenvalue weighted by Gasteiger charge is 2.23. The van der Waals surface area contributed by atoms with Gasteiger partial charge < -0.3 is 4.98 Å². The van der Waals surface area contributed by atoms with Crippen LogP contribution in [0.25, 0.3) is 0 Å². The molecule has 2 aromatic heterocycles. The number of carbonyl (C=O) groups is 2. The summed E-state index contributed by atoms with van der Waals surface area (Å²) in [5, 5.41) is 0. The standard InChI is InChI=1S/C22H20F2N2O3.C15H16N2O3/c1-4-18-19(20(27)15-6-12(2)5-13(3)7-15)26(22(29)25-21(18)28)11-14-8-16(23)10-17(24)9-14;1-4-11-12(16-15(20)17-14(11)19)13(18)10-6-8(2)5-9(3)7-10/h5-10H,4,11H2,1-3H3,(H,25,28,29);5-7H,4H2,1-3H3,(H2,16,17,19,20). The first-order valence-corrected chi connectivity index (χ1v) is 15.5. The topological polar surface area (TPSA) is 155 Å². The van der Waals surface area contributed by atoms with E-state index in [0.29, 0.717) is 23.1 Å². The van der Waals surface area contributed by atoms with Crippen LogP contribution in [0.2, 0.25) is 0 Å². The van der Waals surface area contributed by atoms with Crippen molar-refractivity contribution in [3.05, 3.63) is 169 Å². The summed E-state index contributed by atoms with van der Waals surface area (Å²) in [6.45, 7) is 10.7. The molecule has 2 heterocycles. The first-order chi connectivity index (χ1) is 23.1. The molecule has 0 radical (unpaired) electrons. The second-order valence-corrected chi connectivity index (χ2v) is 11.8. The zero-order valence-corrected chi connectivity index (χ0v) is 28.0. The molecule has 254 valence electrons. The van der Waals surface area contributed by atoms with Gasteiger partial charge in [0.05, 0.1) is 12.2 Å². The lowest BCUT2D eigenvalue weighted by Gasteiger charge is -2.16. The molecule has 10 nitrogen and oxygen atoms in total. The van der Waals surface area contributed by atoms with Gasteiger partial charge in [-0.15, -0.1) is 0 Å². The number of nitrogens with one attached hydrogen (secondary N) is 3. The maximum atomic E-state index is 13.6. The number of benzene rings is 3. The van der Waals surface area contributed by atoms with E-state index in [2.05, 4.69) is 15.0 Å². The van der Waals surface area contributed by atoms with Crippen molar-refractivity contribution in [1.82, 2.24) is 19.5 Å². The lowest BCUT2D eigenvalue weighted by molar-refractivity contribution is 0.102. The van der Waals surface area contributed by atoms with Gasteiger partial charge in [-0.3, -0.25) is 33.7 Å². The second-order valence-electron chi connectivity index (χ2n) is 11.8. The number of ketones is 2. The minimum atomic E-state index is -0.815. The largest absolute Gasteiger partial charge is 0.329 e. The maximum Gasteiger partial charge on any atom is 0.329 e. The predicted molar refractivity (Wildman–Crippen MR) is 182 cm³/mol. The van der Waals surface area contributed by atoms with Crippen molar-refractivity contribution in [1.29, 1.82) is 0 Å². The van der Waals surface area contributed by atoms with E-state index in [-0.39, 0.29) is 41.3 Å². The van der Waals surface area contributed by atoms with E-state index in [0.717, 1.165) is 45.0 Å². The van der Waals surface area contributed by atoms with Crippen LogP contribution in [0.5, 0.6) is 0 Å². The molecule has 49 heavy (non-hydrogen) atoms. The lowest BCUT2D eigenvalue weighted by atomic mass is 9.99. The van der Waals surface area contributed by atoms with Gasteiger partial charge in [-0.05, 0) is 82.5 Å². The maximum absolute atomic E-state index is 13.6. The second kappa shape index (κ2) is 15.0. The fourth-order valence-electron chi connectivity index (χ4n) is 5.77. The van der Waals surface area contributed by atoms with Crippen LogP contribution >= 0.6 is 0 Å². The Labute approximate surface area is 279 Å². The smallest absolute Gasteiger partial charge is 0.304 e. The third kappa shape index (κ3) is 8.39. The van der Waals surface area contributed by atoms with E-state index in [1.807, 2.05) is 39.8 Å². The molecular formula is C37H36F2N4O6. The zero-order valence-electron chi connectivity index (χ0n) is 28.0. The quantitative estimate of drug-likeness (QED) is 0.203. The third-order valence-electron chi connectivity index (χ3n) is 7.72. The number of rotatable bonds is 8. The van der Waals surface area contributed by atoms with Crippen LogP contribution < -0.4 is 22.5 Å². The van der Waals surface area contributed by atoms with Crippen LogP contribution in [0, 0.1) is 39.3 Å². The van der Waals surface area contributed by atoms with E-state index in [1.165, 1.54) is 0 Å². The monoisotopic (exact) mass is 670 g/mol. The number of aromatic amines is 3. The Kier molecular flexibility index (Phi) is 11.0. The average molecular weight is 671 g/mol. The van der Waals surface area contributed by atoms with E-state index < -0.39 is 39.9 Å². The zero-order chi connectivity index (χ0) is 36.2. The lowest BCUT2D eigenvalue weighted by Crippen LogP contribution is -2.37. The normalized spacial score (nSPS) is 10.8. The molecular weight excluding hydrogens is 634 g/mol. The molecule has 0 unspecified atom stereocenters. The fourth-order valence-corrected chi connectivity index (χ4v) is 5.77. The van der Waals surface area contributed by atoms with Crippen molar-refractivity contribution in [3.63, 3.8) is 0 Å². The summed E-state index contributed by atoms with van der Waals surface area (Å²) in [7, 11) is 0. The average Bonchev–Trinajstić information content (AvgIpc) is 3.00. The molecule has 0 aliphatic carbocycles. The van der Waals surface area contributed by atoms with Crippen LogP contribution in [0.3, 0.4) is 0 Å².